The van der Waals surface area contributed by atoms with Gasteiger partial charge < -0.3 is 10.1 Å². The van der Waals surface area contributed by atoms with Crippen LogP contribution in [0.5, 0.6) is 0 Å². The SMILES string of the molecule is Cc1ccc(C(=O)C2=C(Nc3ccc(S(N)(=O)=O)cc3)C(=O)OC23C(=O)c2ccccc2C3=O)cc1. The van der Waals surface area contributed by atoms with Gasteiger partial charge in [-0.3, -0.25) is 14.4 Å². The molecule has 3 N–H and O–H groups in total. The Bertz CT molecular complexity index is 1580. The summed E-state index contributed by atoms with van der Waals surface area (Å²) in [6, 6.07) is 17.5. The molecular formula is C26H18N2O7S. The first kappa shape index (κ1) is 23.3. The van der Waals surface area contributed by atoms with Gasteiger partial charge in [0.25, 0.3) is 5.60 Å². The van der Waals surface area contributed by atoms with E-state index < -0.39 is 50.2 Å². The number of primary sulfonamides is 1. The monoisotopic (exact) mass is 502 g/mol. The van der Waals surface area contributed by atoms with E-state index in [0.29, 0.717) is 0 Å². The molecule has 180 valence electrons. The molecule has 0 radical (unpaired) electrons. The van der Waals surface area contributed by atoms with Crippen LogP contribution in [-0.2, 0) is 19.6 Å². The third kappa shape index (κ3) is 3.46. The Kier molecular flexibility index (Phi) is 5.24. The molecular weight excluding hydrogens is 484 g/mol. The molecule has 0 saturated heterocycles. The summed E-state index contributed by atoms with van der Waals surface area (Å²) in [6.45, 7) is 1.83. The summed E-state index contributed by atoms with van der Waals surface area (Å²) in [4.78, 5) is 53.8. The van der Waals surface area contributed by atoms with Gasteiger partial charge >= 0.3 is 5.97 Å². The lowest BCUT2D eigenvalue weighted by Gasteiger charge is -2.21. The van der Waals surface area contributed by atoms with E-state index in [9.17, 15) is 27.6 Å². The van der Waals surface area contributed by atoms with Crippen LogP contribution in [0.2, 0.25) is 0 Å². The molecule has 3 aromatic rings. The van der Waals surface area contributed by atoms with Gasteiger partial charge in [0, 0.05) is 22.4 Å². The number of ketones is 3. The van der Waals surface area contributed by atoms with Crippen LogP contribution >= 0.6 is 0 Å². The highest BCUT2D eigenvalue weighted by Gasteiger charge is 2.65. The molecule has 5 rings (SSSR count). The Labute approximate surface area is 205 Å². The van der Waals surface area contributed by atoms with Crippen molar-refractivity contribution in [2.75, 3.05) is 5.32 Å². The number of hydrogen-bond donors (Lipinski definition) is 2. The first-order chi connectivity index (χ1) is 17.0. The normalized spacial score (nSPS) is 16.3. The van der Waals surface area contributed by atoms with Crippen LogP contribution in [0.25, 0.3) is 0 Å². The van der Waals surface area contributed by atoms with E-state index in [2.05, 4.69) is 5.32 Å². The van der Waals surface area contributed by atoms with Crippen LogP contribution in [0.4, 0.5) is 5.69 Å². The second-order valence-electron chi connectivity index (χ2n) is 8.41. The van der Waals surface area contributed by atoms with Crippen molar-refractivity contribution in [2.24, 2.45) is 5.14 Å². The number of carbonyl (C=O) groups excluding carboxylic acids is 4. The van der Waals surface area contributed by atoms with E-state index in [1.54, 1.807) is 24.3 Å². The number of ether oxygens (including phenoxy) is 1. The molecule has 10 heteroatoms. The maximum atomic E-state index is 13.8. The highest BCUT2D eigenvalue weighted by molar-refractivity contribution is 7.89. The standard InChI is InChI=1S/C26H18N2O7S/c1-14-6-8-15(9-7-14)22(29)20-21(28-16-10-12-17(13-11-16)36(27,33)34)25(32)35-26(20)23(30)18-4-2-3-5-19(18)24(26)31/h2-13,28H,1H3,(H2,27,33,34). The fourth-order valence-corrected chi connectivity index (χ4v) is 4.82. The van der Waals surface area contributed by atoms with Gasteiger partial charge in [0.2, 0.25) is 21.6 Å². The lowest BCUT2D eigenvalue weighted by atomic mass is 9.83. The first-order valence-corrected chi connectivity index (χ1v) is 12.3. The number of fused-ring (bicyclic) bond motifs is 1. The number of Topliss-reactive ketones (excluding diaryl/α,β-unsaturated/α-hetero) is 3. The van der Waals surface area contributed by atoms with Crippen molar-refractivity contribution in [1.29, 1.82) is 0 Å². The van der Waals surface area contributed by atoms with Gasteiger partial charge in [-0.15, -0.1) is 0 Å². The average molecular weight is 503 g/mol. The van der Waals surface area contributed by atoms with Crippen molar-refractivity contribution in [1.82, 2.24) is 0 Å². The number of nitrogens with two attached hydrogens (primary N) is 1. The van der Waals surface area contributed by atoms with Gasteiger partial charge in [-0.2, -0.15) is 0 Å². The van der Waals surface area contributed by atoms with Crippen LogP contribution in [0, 0.1) is 6.92 Å². The predicted molar refractivity (Wildman–Crippen MR) is 128 cm³/mol. The van der Waals surface area contributed by atoms with E-state index in [4.69, 9.17) is 9.88 Å². The smallest absolute Gasteiger partial charge is 0.357 e. The van der Waals surface area contributed by atoms with Crippen LogP contribution in [0.1, 0.15) is 36.6 Å². The zero-order valence-corrected chi connectivity index (χ0v) is 19.6. The Morgan fingerprint density at radius 2 is 1.42 bits per heavy atom. The van der Waals surface area contributed by atoms with Crippen molar-refractivity contribution in [3.63, 3.8) is 0 Å². The van der Waals surface area contributed by atoms with Crippen LogP contribution in [0.15, 0.2) is 89.0 Å². The van der Waals surface area contributed by atoms with Gasteiger partial charge in [0.15, 0.2) is 5.78 Å². The zero-order chi connectivity index (χ0) is 25.8. The van der Waals surface area contributed by atoms with Gasteiger partial charge in [-0.25, -0.2) is 18.4 Å². The molecule has 0 unspecified atom stereocenters. The van der Waals surface area contributed by atoms with Gasteiger partial charge in [0.05, 0.1) is 10.5 Å². The maximum absolute atomic E-state index is 13.8. The van der Waals surface area contributed by atoms with Crippen molar-refractivity contribution >= 4 is 39.0 Å². The number of nitrogens with one attached hydrogen (secondary N) is 1. The molecule has 1 heterocycles. The molecule has 9 nitrogen and oxygen atoms in total. The third-order valence-electron chi connectivity index (χ3n) is 6.10. The summed E-state index contributed by atoms with van der Waals surface area (Å²) in [6.07, 6.45) is 0. The average Bonchev–Trinajstić information content (AvgIpc) is 3.25. The third-order valence-corrected chi connectivity index (χ3v) is 7.03. The van der Waals surface area contributed by atoms with Crippen LogP contribution in [0.3, 0.4) is 0 Å². The zero-order valence-electron chi connectivity index (χ0n) is 18.8. The minimum absolute atomic E-state index is 0.0447. The van der Waals surface area contributed by atoms with Gasteiger partial charge in [0.1, 0.15) is 5.70 Å². The summed E-state index contributed by atoms with van der Waals surface area (Å²) in [7, 11) is -3.96. The molecule has 1 aliphatic heterocycles. The summed E-state index contributed by atoms with van der Waals surface area (Å²) < 4.78 is 28.6. The summed E-state index contributed by atoms with van der Waals surface area (Å²) in [5, 5.41) is 7.87. The number of carbonyl (C=O) groups is 4. The quantitative estimate of drug-likeness (QED) is 0.307. The minimum Gasteiger partial charge on any atom is -0.432 e. The van der Waals surface area contributed by atoms with Gasteiger partial charge in [-0.1, -0.05) is 54.1 Å². The Balaban J connectivity index is 1.69. The topological polar surface area (TPSA) is 150 Å². The Hall–Kier alpha value is -4.41. The molecule has 0 saturated carbocycles. The van der Waals surface area contributed by atoms with Crippen molar-refractivity contribution < 1.29 is 32.3 Å². The molecule has 36 heavy (non-hydrogen) atoms. The second-order valence-corrected chi connectivity index (χ2v) is 9.98. The maximum Gasteiger partial charge on any atom is 0.357 e. The van der Waals surface area contributed by atoms with E-state index in [-0.39, 0.29) is 27.3 Å². The number of anilines is 1. The number of esters is 1. The molecule has 3 aromatic carbocycles. The summed E-state index contributed by atoms with van der Waals surface area (Å²) >= 11 is 0. The van der Waals surface area contributed by atoms with Crippen molar-refractivity contribution in [3.8, 4) is 0 Å². The highest BCUT2D eigenvalue weighted by atomic mass is 32.2. The number of aryl methyl sites for hydroxylation is 1. The molecule has 0 aromatic heterocycles. The number of rotatable bonds is 5. The lowest BCUT2D eigenvalue weighted by molar-refractivity contribution is -0.141. The Morgan fingerprint density at radius 3 is 1.94 bits per heavy atom. The minimum atomic E-state index is -3.96. The highest BCUT2D eigenvalue weighted by Crippen LogP contribution is 2.45. The number of hydrogen-bond acceptors (Lipinski definition) is 8. The number of benzene rings is 3. The van der Waals surface area contributed by atoms with Crippen molar-refractivity contribution in [3.05, 3.63) is 106 Å². The van der Waals surface area contributed by atoms with Crippen molar-refractivity contribution in [2.45, 2.75) is 17.4 Å². The molecule has 2 aliphatic rings. The van der Waals surface area contributed by atoms with E-state index in [1.165, 1.54) is 48.5 Å². The first-order valence-electron chi connectivity index (χ1n) is 10.7. The lowest BCUT2D eigenvalue weighted by Crippen LogP contribution is -2.46. The van der Waals surface area contributed by atoms with Crippen LogP contribution in [-0.4, -0.2) is 37.3 Å². The Morgan fingerprint density at radius 1 is 0.861 bits per heavy atom. The molecule has 0 amide bonds. The molecule has 0 atom stereocenters. The molecule has 1 spiro atoms. The molecule has 1 aliphatic carbocycles. The van der Waals surface area contributed by atoms with E-state index >= 15 is 0 Å². The predicted octanol–water partition coefficient (Wildman–Crippen LogP) is 2.57. The van der Waals surface area contributed by atoms with E-state index in [1.807, 2.05) is 6.92 Å². The number of sulfonamides is 1. The molecule has 0 bridgehead atoms. The second kappa shape index (κ2) is 8.08. The fraction of sp³-hybridized carbons (Fsp3) is 0.0769. The van der Waals surface area contributed by atoms with E-state index in [0.717, 1.165) is 5.56 Å². The largest absolute Gasteiger partial charge is 0.432 e. The molecule has 0 fully saturated rings. The fourth-order valence-electron chi connectivity index (χ4n) is 4.31. The summed E-state index contributed by atoms with van der Waals surface area (Å²) in [5.74, 6) is -3.43. The van der Waals surface area contributed by atoms with Crippen LogP contribution < -0.4 is 10.5 Å². The summed E-state index contributed by atoms with van der Waals surface area (Å²) in [5.41, 5.74) is -1.97. The van der Waals surface area contributed by atoms with Gasteiger partial charge in [-0.05, 0) is 31.2 Å².